The quantitative estimate of drug-likeness (QED) is 0.883. The zero-order valence-electron chi connectivity index (χ0n) is 11.9. The molecular weight excluding hydrogens is 314 g/mol. The molecule has 1 atom stereocenters. The third kappa shape index (κ3) is 4.17. The molecule has 1 aromatic carbocycles. The number of likely N-dealkylation sites (N-methyl/N-ethyl adjacent to an activating group) is 1. The van der Waals surface area contributed by atoms with Crippen molar-refractivity contribution in [3.8, 4) is 6.07 Å². The Labute approximate surface area is 129 Å². The van der Waals surface area contributed by atoms with Gasteiger partial charge in [-0.15, -0.1) is 0 Å². The van der Waals surface area contributed by atoms with Crippen LogP contribution in [0.25, 0.3) is 0 Å². The van der Waals surface area contributed by atoms with Crippen molar-refractivity contribution in [3.63, 3.8) is 0 Å². The summed E-state index contributed by atoms with van der Waals surface area (Å²) in [6.45, 7) is 3.72. The third-order valence-electron chi connectivity index (χ3n) is 2.90. The van der Waals surface area contributed by atoms with Crippen LogP contribution in [0.4, 0.5) is 0 Å². The Morgan fingerprint density at radius 2 is 2.14 bits per heavy atom. The number of nitriles is 1. The van der Waals surface area contributed by atoms with Crippen LogP contribution in [0.15, 0.2) is 23.1 Å². The van der Waals surface area contributed by atoms with Crippen molar-refractivity contribution >= 4 is 27.5 Å². The summed E-state index contributed by atoms with van der Waals surface area (Å²) < 4.78 is 26.7. The van der Waals surface area contributed by atoms with Gasteiger partial charge < -0.3 is 4.90 Å². The van der Waals surface area contributed by atoms with Crippen LogP contribution < -0.4 is 4.72 Å². The highest BCUT2D eigenvalue weighted by atomic mass is 35.5. The molecule has 0 saturated carbocycles. The summed E-state index contributed by atoms with van der Waals surface area (Å²) >= 11 is 5.88. The van der Waals surface area contributed by atoms with Crippen molar-refractivity contribution in [1.29, 1.82) is 5.26 Å². The van der Waals surface area contributed by atoms with E-state index in [1.54, 1.807) is 14.0 Å². The van der Waals surface area contributed by atoms with Gasteiger partial charge in [0, 0.05) is 13.6 Å². The molecule has 0 heterocycles. The van der Waals surface area contributed by atoms with Gasteiger partial charge in [0.15, 0.2) is 0 Å². The van der Waals surface area contributed by atoms with E-state index in [-0.39, 0.29) is 21.4 Å². The number of halogens is 1. The SMILES string of the molecule is CCN(C)C(=O)C(C)NS(=O)(=O)c1ccc(C#N)cc1Cl. The topological polar surface area (TPSA) is 90.3 Å². The Kier molecular flexibility index (Phi) is 5.72. The van der Waals surface area contributed by atoms with Crippen LogP contribution in [0.2, 0.25) is 5.02 Å². The Morgan fingerprint density at radius 1 is 1.52 bits per heavy atom. The molecule has 0 radical (unpaired) electrons. The van der Waals surface area contributed by atoms with Gasteiger partial charge in [-0.3, -0.25) is 4.79 Å². The highest BCUT2D eigenvalue weighted by Gasteiger charge is 2.25. The number of nitrogens with zero attached hydrogens (tertiary/aromatic N) is 2. The minimum Gasteiger partial charge on any atom is -0.345 e. The number of carbonyl (C=O) groups excluding carboxylic acids is 1. The first kappa shape index (κ1) is 17.4. The Bertz CT molecular complexity index is 682. The van der Waals surface area contributed by atoms with E-state index in [2.05, 4.69) is 4.72 Å². The molecule has 0 aliphatic carbocycles. The maximum Gasteiger partial charge on any atom is 0.242 e. The molecule has 0 fully saturated rings. The van der Waals surface area contributed by atoms with Crippen molar-refractivity contribution in [3.05, 3.63) is 28.8 Å². The van der Waals surface area contributed by atoms with Crippen molar-refractivity contribution < 1.29 is 13.2 Å². The molecule has 8 heteroatoms. The van der Waals surface area contributed by atoms with E-state index in [4.69, 9.17) is 16.9 Å². The lowest BCUT2D eigenvalue weighted by Crippen LogP contribution is -2.45. The standard InChI is InChI=1S/C13H16ClN3O3S/c1-4-17(3)13(18)9(2)16-21(19,20)12-6-5-10(8-15)7-11(12)14/h5-7,9,16H,4H2,1-3H3. The number of carbonyl (C=O) groups is 1. The van der Waals surface area contributed by atoms with E-state index in [0.717, 1.165) is 0 Å². The second-order valence-corrected chi connectivity index (χ2v) is 6.54. The fraction of sp³-hybridized carbons (Fsp3) is 0.385. The van der Waals surface area contributed by atoms with E-state index in [1.807, 2.05) is 6.07 Å². The van der Waals surface area contributed by atoms with Gasteiger partial charge >= 0.3 is 0 Å². The molecule has 0 aromatic heterocycles. The average Bonchev–Trinajstić information content (AvgIpc) is 2.44. The first-order valence-corrected chi connectivity index (χ1v) is 8.06. The molecule has 114 valence electrons. The van der Waals surface area contributed by atoms with Crippen molar-refractivity contribution in [2.45, 2.75) is 24.8 Å². The Balaban J connectivity index is 3.03. The lowest BCUT2D eigenvalue weighted by molar-refractivity contribution is -0.131. The zero-order valence-corrected chi connectivity index (χ0v) is 13.5. The second kappa shape index (κ2) is 6.89. The van der Waals surface area contributed by atoms with Crippen molar-refractivity contribution in [2.24, 2.45) is 0 Å². The number of hydrogen-bond acceptors (Lipinski definition) is 4. The number of amides is 1. The van der Waals surface area contributed by atoms with Crippen LogP contribution in [0.3, 0.4) is 0 Å². The summed E-state index contributed by atoms with van der Waals surface area (Å²) in [5.74, 6) is -0.342. The van der Waals surface area contributed by atoms with Crippen LogP contribution in [-0.2, 0) is 14.8 Å². The number of hydrogen-bond donors (Lipinski definition) is 1. The van der Waals surface area contributed by atoms with Crippen LogP contribution in [0, 0.1) is 11.3 Å². The smallest absolute Gasteiger partial charge is 0.242 e. The van der Waals surface area contributed by atoms with Gasteiger partial charge in [0.05, 0.1) is 22.7 Å². The fourth-order valence-electron chi connectivity index (χ4n) is 1.62. The minimum atomic E-state index is -3.94. The van der Waals surface area contributed by atoms with Gasteiger partial charge in [-0.05, 0) is 32.0 Å². The highest BCUT2D eigenvalue weighted by molar-refractivity contribution is 7.89. The van der Waals surface area contributed by atoms with Gasteiger partial charge in [-0.1, -0.05) is 11.6 Å². The summed E-state index contributed by atoms with van der Waals surface area (Å²) in [6.07, 6.45) is 0. The summed E-state index contributed by atoms with van der Waals surface area (Å²) in [6, 6.07) is 4.81. The van der Waals surface area contributed by atoms with Crippen molar-refractivity contribution in [1.82, 2.24) is 9.62 Å². The third-order valence-corrected chi connectivity index (χ3v) is 4.93. The maximum atomic E-state index is 12.2. The number of rotatable bonds is 5. The molecule has 21 heavy (non-hydrogen) atoms. The molecule has 6 nitrogen and oxygen atoms in total. The summed E-state index contributed by atoms with van der Waals surface area (Å²) in [4.78, 5) is 13.1. The van der Waals surface area contributed by atoms with E-state index < -0.39 is 16.1 Å². The summed E-state index contributed by atoms with van der Waals surface area (Å²) in [5.41, 5.74) is 0.258. The van der Waals surface area contributed by atoms with Gasteiger partial charge in [0.1, 0.15) is 4.90 Å². The Morgan fingerprint density at radius 3 is 2.62 bits per heavy atom. The average molecular weight is 330 g/mol. The zero-order chi connectivity index (χ0) is 16.2. The molecule has 0 aliphatic rings. The molecule has 1 N–H and O–H groups in total. The monoisotopic (exact) mass is 329 g/mol. The molecular formula is C13H16ClN3O3S. The molecule has 1 amide bonds. The van der Waals surface area contributed by atoms with Crippen LogP contribution in [-0.4, -0.2) is 38.9 Å². The molecule has 0 bridgehead atoms. The molecule has 0 spiro atoms. The van der Waals surface area contributed by atoms with E-state index in [9.17, 15) is 13.2 Å². The van der Waals surface area contributed by atoms with Crippen LogP contribution in [0.5, 0.6) is 0 Å². The predicted octanol–water partition coefficient (Wildman–Crippen LogP) is 1.36. The maximum absolute atomic E-state index is 12.2. The molecule has 0 saturated heterocycles. The van der Waals surface area contributed by atoms with Gasteiger partial charge in [-0.2, -0.15) is 9.98 Å². The lowest BCUT2D eigenvalue weighted by Gasteiger charge is -2.20. The fourth-order valence-corrected chi connectivity index (χ4v) is 3.36. The minimum absolute atomic E-state index is 0.0648. The highest BCUT2D eigenvalue weighted by Crippen LogP contribution is 2.22. The van der Waals surface area contributed by atoms with Crippen LogP contribution in [0.1, 0.15) is 19.4 Å². The Hall–Kier alpha value is -1.62. The molecule has 1 rings (SSSR count). The van der Waals surface area contributed by atoms with Crippen LogP contribution >= 0.6 is 11.6 Å². The summed E-state index contributed by atoms with van der Waals surface area (Å²) in [7, 11) is -2.36. The van der Waals surface area contributed by atoms with E-state index in [1.165, 1.54) is 30.0 Å². The molecule has 1 unspecified atom stereocenters. The number of nitrogens with one attached hydrogen (secondary N) is 1. The van der Waals surface area contributed by atoms with Crippen molar-refractivity contribution in [2.75, 3.05) is 13.6 Å². The lowest BCUT2D eigenvalue weighted by atomic mass is 10.2. The largest absolute Gasteiger partial charge is 0.345 e. The number of sulfonamides is 1. The van der Waals surface area contributed by atoms with E-state index in [0.29, 0.717) is 6.54 Å². The predicted molar refractivity (Wildman–Crippen MR) is 79.3 cm³/mol. The van der Waals surface area contributed by atoms with Gasteiger partial charge in [0.2, 0.25) is 15.9 Å². The van der Waals surface area contributed by atoms with Gasteiger partial charge in [-0.25, -0.2) is 8.42 Å². The molecule has 1 aromatic rings. The first-order chi connectivity index (χ1) is 9.72. The normalized spacial score (nSPS) is 12.5. The summed E-state index contributed by atoms with van der Waals surface area (Å²) in [5, 5.41) is 8.67. The molecule has 0 aliphatic heterocycles. The number of benzene rings is 1. The van der Waals surface area contributed by atoms with E-state index >= 15 is 0 Å². The first-order valence-electron chi connectivity index (χ1n) is 6.20. The van der Waals surface area contributed by atoms with Gasteiger partial charge in [0.25, 0.3) is 0 Å². The second-order valence-electron chi connectivity index (χ2n) is 4.45.